The van der Waals surface area contributed by atoms with Gasteiger partial charge in [0, 0.05) is 17.8 Å². The number of aromatic nitrogens is 3. The predicted molar refractivity (Wildman–Crippen MR) is 69.5 cm³/mol. The Balaban J connectivity index is 2.08. The minimum Gasteiger partial charge on any atom is -0.480 e. The van der Waals surface area contributed by atoms with Crippen molar-refractivity contribution in [2.45, 2.75) is 0 Å². The van der Waals surface area contributed by atoms with E-state index in [4.69, 9.17) is 9.26 Å². The summed E-state index contributed by atoms with van der Waals surface area (Å²) in [6.45, 7) is 0. The van der Waals surface area contributed by atoms with Gasteiger partial charge in [0.25, 0.3) is 0 Å². The largest absolute Gasteiger partial charge is 0.480 e. The Morgan fingerprint density at radius 2 is 1.95 bits per heavy atom. The lowest BCUT2D eigenvalue weighted by Gasteiger charge is -2.06. The summed E-state index contributed by atoms with van der Waals surface area (Å²) in [5, 5.41) is 3.67. The summed E-state index contributed by atoms with van der Waals surface area (Å²) in [5.41, 5.74) is 1.62. The summed E-state index contributed by atoms with van der Waals surface area (Å²) >= 11 is 0. The van der Waals surface area contributed by atoms with Crippen molar-refractivity contribution in [2.24, 2.45) is 0 Å². The summed E-state index contributed by atoms with van der Waals surface area (Å²) < 4.78 is 10.4. The molecule has 0 radical (unpaired) electrons. The fraction of sp³-hybridized carbons (Fsp3) is 0.0714. The zero-order valence-corrected chi connectivity index (χ0v) is 10.3. The van der Waals surface area contributed by atoms with Crippen LogP contribution in [0.4, 0.5) is 0 Å². The first kappa shape index (κ1) is 11.4. The molecular weight excluding hydrogens is 242 g/mol. The van der Waals surface area contributed by atoms with Crippen molar-refractivity contribution in [2.75, 3.05) is 7.11 Å². The third kappa shape index (κ3) is 2.18. The molecule has 0 spiro atoms. The van der Waals surface area contributed by atoms with Gasteiger partial charge in [0.05, 0.1) is 13.3 Å². The number of nitrogens with zero attached hydrogens (tertiary/aromatic N) is 3. The van der Waals surface area contributed by atoms with E-state index in [0.717, 1.165) is 5.56 Å². The minimum absolute atomic E-state index is 0.464. The van der Waals surface area contributed by atoms with Crippen LogP contribution in [-0.4, -0.2) is 22.2 Å². The van der Waals surface area contributed by atoms with E-state index in [2.05, 4.69) is 15.1 Å². The molecule has 0 aliphatic heterocycles. The molecule has 2 aromatic heterocycles. The third-order valence-electron chi connectivity index (χ3n) is 2.68. The molecule has 3 aromatic rings. The van der Waals surface area contributed by atoms with Crippen LogP contribution in [0.2, 0.25) is 0 Å². The lowest BCUT2D eigenvalue weighted by molar-refractivity contribution is 0.392. The minimum atomic E-state index is 0.464. The van der Waals surface area contributed by atoms with Crippen LogP contribution in [-0.2, 0) is 0 Å². The molecule has 0 fully saturated rings. The third-order valence-corrected chi connectivity index (χ3v) is 2.68. The van der Waals surface area contributed by atoms with Crippen LogP contribution < -0.4 is 4.74 Å². The fourth-order valence-corrected chi connectivity index (χ4v) is 1.77. The van der Waals surface area contributed by atoms with Crippen molar-refractivity contribution < 1.29 is 9.26 Å². The first-order chi connectivity index (χ1) is 9.38. The average Bonchev–Trinajstić information content (AvgIpc) is 3.01. The van der Waals surface area contributed by atoms with Gasteiger partial charge < -0.3 is 9.26 Å². The highest BCUT2D eigenvalue weighted by Gasteiger charge is 2.13. The van der Waals surface area contributed by atoms with E-state index in [0.29, 0.717) is 23.0 Å². The van der Waals surface area contributed by atoms with E-state index in [-0.39, 0.29) is 0 Å². The van der Waals surface area contributed by atoms with Crippen molar-refractivity contribution in [3.8, 4) is 28.6 Å². The summed E-state index contributed by atoms with van der Waals surface area (Å²) in [6, 6.07) is 11.5. The highest BCUT2D eigenvalue weighted by molar-refractivity contribution is 5.65. The molecule has 0 aliphatic carbocycles. The standard InChI is InChI=1S/C14H11N3O2/c1-18-14-11(12-7-8-16-19-12)9-15-13(17-14)10-5-3-2-4-6-10/h2-9H,1H3. The molecular formula is C14H11N3O2. The molecule has 0 aliphatic rings. The average molecular weight is 253 g/mol. The summed E-state index contributed by atoms with van der Waals surface area (Å²) in [7, 11) is 1.57. The molecule has 0 N–H and O–H groups in total. The second kappa shape index (κ2) is 4.89. The Morgan fingerprint density at radius 1 is 1.11 bits per heavy atom. The van der Waals surface area contributed by atoms with Gasteiger partial charge in [-0.25, -0.2) is 4.98 Å². The lowest BCUT2D eigenvalue weighted by atomic mass is 10.2. The van der Waals surface area contributed by atoms with E-state index < -0.39 is 0 Å². The Labute approximate surface area is 109 Å². The van der Waals surface area contributed by atoms with Gasteiger partial charge in [-0.05, 0) is 0 Å². The zero-order chi connectivity index (χ0) is 13.1. The number of benzene rings is 1. The van der Waals surface area contributed by atoms with Gasteiger partial charge in [-0.15, -0.1) is 0 Å². The Bertz CT molecular complexity index is 666. The SMILES string of the molecule is COc1nc(-c2ccccc2)ncc1-c1ccno1. The molecule has 3 rings (SSSR count). The number of ether oxygens (including phenoxy) is 1. The van der Waals surface area contributed by atoms with Crippen molar-refractivity contribution in [1.82, 2.24) is 15.1 Å². The van der Waals surface area contributed by atoms with Crippen LogP contribution in [0.5, 0.6) is 5.88 Å². The van der Waals surface area contributed by atoms with Crippen molar-refractivity contribution in [3.05, 3.63) is 48.8 Å². The summed E-state index contributed by atoms with van der Waals surface area (Å²) in [6.07, 6.45) is 3.24. The smallest absolute Gasteiger partial charge is 0.228 e. The quantitative estimate of drug-likeness (QED) is 0.718. The second-order valence-electron chi connectivity index (χ2n) is 3.86. The van der Waals surface area contributed by atoms with Crippen molar-refractivity contribution in [3.63, 3.8) is 0 Å². The molecule has 0 amide bonds. The molecule has 1 aromatic carbocycles. The number of rotatable bonds is 3. The first-order valence-electron chi connectivity index (χ1n) is 5.76. The molecule has 0 unspecified atom stereocenters. The number of hydrogen-bond donors (Lipinski definition) is 0. The molecule has 5 heteroatoms. The molecule has 94 valence electrons. The molecule has 0 atom stereocenters. The maximum absolute atomic E-state index is 5.29. The van der Waals surface area contributed by atoms with E-state index in [1.807, 2.05) is 30.3 Å². The van der Waals surface area contributed by atoms with Crippen LogP contribution in [0.15, 0.2) is 53.3 Å². The molecule has 0 bridgehead atoms. The lowest BCUT2D eigenvalue weighted by Crippen LogP contribution is -1.96. The van der Waals surface area contributed by atoms with Gasteiger partial charge in [0.15, 0.2) is 11.6 Å². The van der Waals surface area contributed by atoms with Gasteiger partial charge in [0.1, 0.15) is 5.56 Å². The van der Waals surface area contributed by atoms with Gasteiger partial charge in [-0.3, -0.25) is 0 Å². The van der Waals surface area contributed by atoms with Crippen LogP contribution in [0, 0.1) is 0 Å². The normalized spacial score (nSPS) is 10.4. The van der Waals surface area contributed by atoms with E-state index in [9.17, 15) is 0 Å². The summed E-state index contributed by atoms with van der Waals surface area (Å²) in [4.78, 5) is 8.73. The van der Waals surface area contributed by atoms with E-state index >= 15 is 0 Å². The Morgan fingerprint density at radius 3 is 2.63 bits per heavy atom. The second-order valence-corrected chi connectivity index (χ2v) is 3.86. The monoisotopic (exact) mass is 253 g/mol. The molecule has 2 heterocycles. The number of hydrogen-bond acceptors (Lipinski definition) is 5. The van der Waals surface area contributed by atoms with Gasteiger partial charge in [-0.2, -0.15) is 4.98 Å². The van der Waals surface area contributed by atoms with Crippen LogP contribution in [0.25, 0.3) is 22.7 Å². The topological polar surface area (TPSA) is 61.0 Å². The van der Waals surface area contributed by atoms with E-state index in [1.165, 1.54) is 0 Å². The van der Waals surface area contributed by atoms with Crippen molar-refractivity contribution >= 4 is 0 Å². The maximum atomic E-state index is 5.29. The van der Waals surface area contributed by atoms with Crippen molar-refractivity contribution in [1.29, 1.82) is 0 Å². The van der Waals surface area contributed by atoms with Gasteiger partial charge >= 0.3 is 0 Å². The Hall–Kier alpha value is -2.69. The predicted octanol–water partition coefficient (Wildman–Crippen LogP) is 2.81. The Kier molecular flexibility index (Phi) is 2.94. The molecule has 19 heavy (non-hydrogen) atoms. The van der Waals surface area contributed by atoms with Gasteiger partial charge in [-0.1, -0.05) is 35.5 Å². The zero-order valence-electron chi connectivity index (χ0n) is 10.3. The summed E-state index contributed by atoms with van der Waals surface area (Å²) in [5.74, 6) is 1.66. The molecule has 0 saturated heterocycles. The maximum Gasteiger partial charge on any atom is 0.228 e. The molecule has 0 saturated carbocycles. The van der Waals surface area contributed by atoms with Crippen LogP contribution >= 0.6 is 0 Å². The number of methoxy groups -OCH3 is 1. The first-order valence-corrected chi connectivity index (χ1v) is 5.76. The van der Waals surface area contributed by atoms with Gasteiger partial charge in [0.2, 0.25) is 5.88 Å². The highest BCUT2D eigenvalue weighted by Crippen LogP contribution is 2.28. The van der Waals surface area contributed by atoms with Crippen LogP contribution in [0.3, 0.4) is 0 Å². The van der Waals surface area contributed by atoms with E-state index in [1.54, 1.807) is 25.6 Å². The molecule has 5 nitrogen and oxygen atoms in total. The fourth-order valence-electron chi connectivity index (χ4n) is 1.77. The highest BCUT2D eigenvalue weighted by atomic mass is 16.5. The van der Waals surface area contributed by atoms with Crippen LogP contribution in [0.1, 0.15) is 0 Å².